The normalized spacial score (nSPS) is 16.1. The van der Waals surface area contributed by atoms with Gasteiger partial charge in [0.25, 0.3) is 5.91 Å². The standard InChI is InChI=1S/C20H17NO4/c1-12-9-13-5-3-4-6-17(13)21(12)20(23)16-11-19(22)25-18-10-14(24-2)7-8-15(16)18/h3-8,10-12H,9H2,1-2H3. The summed E-state index contributed by atoms with van der Waals surface area (Å²) in [5, 5.41) is 0.599. The largest absolute Gasteiger partial charge is 0.497 e. The van der Waals surface area contributed by atoms with E-state index in [1.165, 1.54) is 13.2 Å². The second kappa shape index (κ2) is 5.77. The SMILES string of the molecule is COc1ccc2c(C(=O)N3c4ccccc4CC3C)cc(=O)oc2c1. The van der Waals surface area contributed by atoms with Crippen molar-refractivity contribution in [2.45, 2.75) is 19.4 Å². The van der Waals surface area contributed by atoms with Gasteiger partial charge in [-0.25, -0.2) is 4.79 Å². The Hall–Kier alpha value is -3.08. The van der Waals surface area contributed by atoms with E-state index in [4.69, 9.17) is 9.15 Å². The fraction of sp³-hybridized carbons (Fsp3) is 0.200. The lowest BCUT2D eigenvalue weighted by atomic mass is 10.1. The highest BCUT2D eigenvalue weighted by atomic mass is 16.5. The van der Waals surface area contributed by atoms with Crippen LogP contribution < -0.4 is 15.3 Å². The molecule has 25 heavy (non-hydrogen) atoms. The summed E-state index contributed by atoms with van der Waals surface area (Å²) in [6.45, 7) is 2.01. The molecule has 3 aromatic rings. The monoisotopic (exact) mass is 335 g/mol. The van der Waals surface area contributed by atoms with E-state index in [0.29, 0.717) is 22.3 Å². The molecule has 1 aliphatic heterocycles. The highest BCUT2D eigenvalue weighted by Crippen LogP contribution is 2.34. The number of carbonyl (C=O) groups is 1. The Morgan fingerprint density at radius 2 is 2.00 bits per heavy atom. The van der Waals surface area contributed by atoms with Gasteiger partial charge in [-0.15, -0.1) is 0 Å². The lowest BCUT2D eigenvalue weighted by Crippen LogP contribution is -2.36. The van der Waals surface area contributed by atoms with E-state index in [-0.39, 0.29) is 11.9 Å². The van der Waals surface area contributed by atoms with E-state index in [2.05, 4.69) is 0 Å². The van der Waals surface area contributed by atoms with Crippen LogP contribution in [0.1, 0.15) is 22.8 Å². The molecule has 2 heterocycles. The first-order valence-electron chi connectivity index (χ1n) is 8.12. The molecule has 4 rings (SSSR count). The van der Waals surface area contributed by atoms with Crippen molar-refractivity contribution in [2.75, 3.05) is 12.0 Å². The van der Waals surface area contributed by atoms with Gasteiger partial charge in [0.1, 0.15) is 11.3 Å². The van der Waals surface area contributed by atoms with Crippen LogP contribution in [-0.4, -0.2) is 19.1 Å². The van der Waals surface area contributed by atoms with Gasteiger partial charge in [0.05, 0.1) is 12.7 Å². The molecule has 0 saturated carbocycles. The fourth-order valence-electron chi connectivity index (χ4n) is 3.45. The van der Waals surface area contributed by atoms with E-state index in [0.717, 1.165) is 17.7 Å². The number of carbonyl (C=O) groups excluding carboxylic acids is 1. The van der Waals surface area contributed by atoms with E-state index in [1.807, 2.05) is 31.2 Å². The van der Waals surface area contributed by atoms with Crippen LogP contribution in [0.2, 0.25) is 0 Å². The van der Waals surface area contributed by atoms with Gasteiger partial charge in [-0.1, -0.05) is 18.2 Å². The van der Waals surface area contributed by atoms with Gasteiger partial charge in [0.2, 0.25) is 0 Å². The Balaban J connectivity index is 1.87. The third kappa shape index (κ3) is 2.48. The second-order valence-electron chi connectivity index (χ2n) is 6.20. The molecule has 0 aliphatic carbocycles. The van der Waals surface area contributed by atoms with Crippen LogP contribution >= 0.6 is 0 Å². The van der Waals surface area contributed by atoms with Crippen LogP contribution in [0.15, 0.2) is 57.7 Å². The molecule has 5 nitrogen and oxygen atoms in total. The summed E-state index contributed by atoms with van der Waals surface area (Å²) >= 11 is 0. The molecule has 1 unspecified atom stereocenters. The summed E-state index contributed by atoms with van der Waals surface area (Å²) in [5.41, 5.74) is 2.17. The van der Waals surface area contributed by atoms with Crippen molar-refractivity contribution in [3.05, 3.63) is 70.1 Å². The first-order valence-corrected chi connectivity index (χ1v) is 8.12. The maximum atomic E-state index is 13.3. The zero-order valence-electron chi connectivity index (χ0n) is 14.0. The lowest BCUT2D eigenvalue weighted by molar-refractivity contribution is 0.0982. The molecule has 1 amide bonds. The maximum Gasteiger partial charge on any atom is 0.337 e. The first kappa shape index (κ1) is 15.4. The molecule has 1 atom stereocenters. The maximum absolute atomic E-state index is 13.3. The number of hydrogen-bond donors (Lipinski definition) is 0. The molecular formula is C20H17NO4. The Kier molecular flexibility index (Phi) is 3.57. The molecule has 126 valence electrons. The topological polar surface area (TPSA) is 59.8 Å². The minimum Gasteiger partial charge on any atom is -0.497 e. The quantitative estimate of drug-likeness (QED) is 0.674. The van der Waals surface area contributed by atoms with Gasteiger partial charge < -0.3 is 14.1 Å². The third-order valence-electron chi connectivity index (χ3n) is 4.61. The van der Waals surface area contributed by atoms with Gasteiger partial charge >= 0.3 is 5.63 Å². The van der Waals surface area contributed by atoms with Crippen LogP contribution in [-0.2, 0) is 6.42 Å². The fourth-order valence-corrected chi connectivity index (χ4v) is 3.45. The zero-order chi connectivity index (χ0) is 17.6. The number of methoxy groups -OCH3 is 1. The molecule has 0 N–H and O–H groups in total. The summed E-state index contributed by atoms with van der Waals surface area (Å²) in [6, 6.07) is 14.3. The Morgan fingerprint density at radius 1 is 1.20 bits per heavy atom. The predicted octanol–water partition coefficient (Wildman–Crippen LogP) is 3.39. The Labute approximate surface area is 144 Å². The van der Waals surface area contributed by atoms with Crippen molar-refractivity contribution in [3.8, 4) is 5.75 Å². The molecule has 0 bridgehead atoms. The molecule has 5 heteroatoms. The summed E-state index contributed by atoms with van der Waals surface area (Å²) in [5.74, 6) is 0.376. The average Bonchev–Trinajstić information content (AvgIpc) is 2.95. The second-order valence-corrected chi connectivity index (χ2v) is 6.20. The number of ether oxygens (including phenoxy) is 1. The summed E-state index contributed by atoms with van der Waals surface area (Å²) in [4.78, 5) is 27.0. The van der Waals surface area contributed by atoms with Crippen molar-refractivity contribution in [2.24, 2.45) is 0 Å². The van der Waals surface area contributed by atoms with Crippen LogP contribution in [0, 0.1) is 0 Å². The van der Waals surface area contributed by atoms with E-state index < -0.39 is 5.63 Å². The molecule has 1 aliphatic rings. The molecule has 0 spiro atoms. The van der Waals surface area contributed by atoms with Crippen molar-refractivity contribution in [1.29, 1.82) is 0 Å². The van der Waals surface area contributed by atoms with Crippen molar-refractivity contribution >= 4 is 22.6 Å². The minimum atomic E-state index is -0.552. The highest BCUT2D eigenvalue weighted by molar-refractivity contribution is 6.14. The summed E-state index contributed by atoms with van der Waals surface area (Å²) in [6.07, 6.45) is 0.801. The number of benzene rings is 2. The van der Waals surface area contributed by atoms with E-state index in [9.17, 15) is 9.59 Å². The number of fused-ring (bicyclic) bond motifs is 2. The van der Waals surface area contributed by atoms with Crippen LogP contribution in [0.4, 0.5) is 5.69 Å². The average molecular weight is 335 g/mol. The lowest BCUT2D eigenvalue weighted by Gasteiger charge is -2.23. The van der Waals surface area contributed by atoms with Gasteiger partial charge in [-0.05, 0) is 37.1 Å². The van der Waals surface area contributed by atoms with Crippen LogP contribution in [0.5, 0.6) is 5.75 Å². The molecule has 0 saturated heterocycles. The van der Waals surface area contributed by atoms with Crippen molar-refractivity contribution in [1.82, 2.24) is 0 Å². The first-order chi connectivity index (χ1) is 12.1. The smallest absolute Gasteiger partial charge is 0.337 e. The zero-order valence-corrected chi connectivity index (χ0v) is 14.0. The van der Waals surface area contributed by atoms with Gasteiger partial charge in [-0.3, -0.25) is 4.79 Å². The van der Waals surface area contributed by atoms with E-state index >= 15 is 0 Å². The Bertz CT molecular complexity index is 1040. The number of nitrogens with zero attached hydrogens (tertiary/aromatic N) is 1. The van der Waals surface area contributed by atoms with Gasteiger partial charge in [0, 0.05) is 29.2 Å². The molecule has 0 radical (unpaired) electrons. The number of amides is 1. The molecule has 2 aromatic carbocycles. The summed E-state index contributed by atoms with van der Waals surface area (Å²) in [7, 11) is 1.54. The molecule has 1 aromatic heterocycles. The number of anilines is 1. The van der Waals surface area contributed by atoms with Crippen LogP contribution in [0.25, 0.3) is 11.0 Å². The van der Waals surface area contributed by atoms with Gasteiger partial charge in [0.15, 0.2) is 0 Å². The molecule has 0 fully saturated rings. The number of para-hydroxylation sites is 1. The highest BCUT2D eigenvalue weighted by Gasteiger charge is 2.32. The molecular weight excluding hydrogens is 318 g/mol. The van der Waals surface area contributed by atoms with Crippen molar-refractivity contribution < 1.29 is 13.9 Å². The predicted molar refractivity (Wildman–Crippen MR) is 95.5 cm³/mol. The number of rotatable bonds is 2. The van der Waals surface area contributed by atoms with Crippen molar-refractivity contribution in [3.63, 3.8) is 0 Å². The summed E-state index contributed by atoms with van der Waals surface area (Å²) < 4.78 is 10.4. The van der Waals surface area contributed by atoms with Gasteiger partial charge in [-0.2, -0.15) is 0 Å². The third-order valence-corrected chi connectivity index (χ3v) is 4.61. The van der Waals surface area contributed by atoms with Crippen LogP contribution in [0.3, 0.4) is 0 Å². The van der Waals surface area contributed by atoms with E-state index in [1.54, 1.807) is 23.1 Å². The Morgan fingerprint density at radius 3 is 2.80 bits per heavy atom. The minimum absolute atomic E-state index is 0.0328. The number of hydrogen-bond acceptors (Lipinski definition) is 4.